The Hall–Kier alpha value is -2.01. The number of aromatic nitrogens is 2. The molecule has 1 atom stereocenters. The second kappa shape index (κ2) is 5.54. The van der Waals surface area contributed by atoms with E-state index in [2.05, 4.69) is 13.3 Å². The van der Waals surface area contributed by atoms with Gasteiger partial charge in [0, 0.05) is 0 Å². The van der Waals surface area contributed by atoms with E-state index in [4.69, 9.17) is 5.73 Å². The van der Waals surface area contributed by atoms with Crippen molar-refractivity contribution < 1.29 is 4.79 Å². The Kier molecular flexibility index (Phi) is 3.60. The zero-order chi connectivity index (χ0) is 13.9. The fraction of sp³-hybridized carbons (Fsp3) is 0.0714. The summed E-state index contributed by atoms with van der Waals surface area (Å²) in [5.41, 5.74) is 9.00. The number of nitrogens with one attached hydrogen (secondary N) is 1. The van der Waals surface area contributed by atoms with Crippen LogP contribution in [0.3, 0.4) is 0 Å². The summed E-state index contributed by atoms with van der Waals surface area (Å²) >= 11 is -0.120. The van der Waals surface area contributed by atoms with Gasteiger partial charge in [-0.1, -0.05) is 0 Å². The first-order valence-corrected chi connectivity index (χ1v) is 7.61. The minimum atomic E-state index is -0.698. The van der Waals surface area contributed by atoms with Gasteiger partial charge in [-0.3, -0.25) is 0 Å². The van der Waals surface area contributed by atoms with Crippen molar-refractivity contribution in [1.29, 1.82) is 0 Å². The summed E-state index contributed by atoms with van der Waals surface area (Å²) in [6.07, 6.45) is 0. The molecule has 1 heterocycles. The number of hydrogen-bond acceptors (Lipinski definition) is 4. The first kappa shape index (κ1) is 13.0. The van der Waals surface area contributed by atoms with Crippen LogP contribution in [0.2, 0.25) is 0 Å². The van der Waals surface area contributed by atoms with E-state index in [0.29, 0.717) is 5.69 Å². The first-order valence-electron chi connectivity index (χ1n) is 6.08. The Balaban J connectivity index is 1.84. The van der Waals surface area contributed by atoms with Crippen molar-refractivity contribution in [1.82, 2.24) is 7.96 Å². The molecular weight excluding hydrogens is 319 g/mol. The molecule has 1 amide bonds. The molecule has 20 heavy (non-hydrogen) atoms. The fourth-order valence-electron chi connectivity index (χ4n) is 1.93. The topological polar surface area (TPSA) is 80.9 Å². The van der Waals surface area contributed by atoms with Crippen LogP contribution in [-0.4, -0.2) is 28.8 Å². The van der Waals surface area contributed by atoms with E-state index >= 15 is 0 Å². The summed E-state index contributed by atoms with van der Waals surface area (Å²) in [6, 6.07) is 14.1. The zero-order valence-electron chi connectivity index (χ0n) is 10.5. The van der Waals surface area contributed by atoms with Gasteiger partial charge >= 0.3 is 122 Å². The molecule has 1 aromatic heterocycles. The van der Waals surface area contributed by atoms with Crippen LogP contribution in [0.15, 0.2) is 48.5 Å². The molecule has 0 radical (unpaired) electrons. The summed E-state index contributed by atoms with van der Waals surface area (Å²) in [7, 11) is 0. The second-order valence-electron chi connectivity index (χ2n) is 4.32. The number of fused-ring (bicyclic) bond motifs is 1. The third-order valence-electron chi connectivity index (χ3n) is 2.99. The van der Waals surface area contributed by atoms with Crippen molar-refractivity contribution in [3.63, 3.8) is 0 Å². The van der Waals surface area contributed by atoms with Crippen molar-refractivity contribution in [2.75, 3.05) is 5.32 Å². The predicted molar refractivity (Wildman–Crippen MR) is 78.5 cm³/mol. The minimum absolute atomic E-state index is 0.120. The zero-order valence-corrected chi connectivity index (χ0v) is 12.2. The summed E-state index contributed by atoms with van der Waals surface area (Å²) in [4.78, 5) is 12.2. The molecule has 1 unspecified atom stereocenters. The van der Waals surface area contributed by atoms with Crippen LogP contribution in [0.25, 0.3) is 11.0 Å². The summed E-state index contributed by atoms with van der Waals surface area (Å²) in [6.45, 7) is 0. The van der Waals surface area contributed by atoms with Gasteiger partial charge in [0.2, 0.25) is 0 Å². The number of nitrogens with zero attached hydrogens (tertiary/aromatic N) is 2. The third kappa shape index (κ3) is 2.49. The third-order valence-corrected chi connectivity index (χ3v) is 4.12. The van der Waals surface area contributed by atoms with Crippen molar-refractivity contribution in [2.45, 2.75) is 6.04 Å². The van der Waals surface area contributed by atoms with Crippen LogP contribution in [0, 0.1) is 0 Å². The molecule has 0 saturated carbocycles. The molecule has 3 N–H and O–H groups in total. The number of benzene rings is 2. The van der Waals surface area contributed by atoms with Gasteiger partial charge in [-0.05, 0) is 0 Å². The van der Waals surface area contributed by atoms with Crippen LogP contribution >= 0.6 is 0 Å². The van der Waals surface area contributed by atoms with Crippen LogP contribution < -0.4 is 11.1 Å². The van der Waals surface area contributed by atoms with Crippen LogP contribution in [-0.2, 0) is 4.79 Å². The number of hydrogen-bond donors (Lipinski definition) is 2. The number of carbonyl (C=O) groups is 1. The molecule has 2 aromatic carbocycles. The van der Waals surface area contributed by atoms with E-state index in [-0.39, 0.29) is 20.9 Å². The van der Waals surface area contributed by atoms with Crippen molar-refractivity contribution in [2.24, 2.45) is 5.73 Å². The average molecular weight is 331 g/mol. The van der Waals surface area contributed by atoms with Crippen LogP contribution in [0.4, 0.5) is 5.69 Å². The van der Waals surface area contributed by atoms with Gasteiger partial charge in [-0.15, -0.1) is 0 Å². The molecule has 100 valence electrons. The van der Waals surface area contributed by atoms with E-state index in [9.17, 15) is 4.79 Å². The Morgan fingerprint density at radius 1 is 1.10 bits per heavy atom. The Morgan fingerprint density at radius 2 is 1.90 bits per heavy atom. The molecule has 0 spiro atoms. The first-order chi connectivity index (χ1) is 9.75. The second-order valence-corrected chi connectivity index (χ2v) is 5.42. The Morgan fingerprint density at radius 3 is 2.70 bits per heavy atom. The molecule has 3 rings (SSSR count). The molecule has 6 heteroatoms. The number of anilines is 1. The molecular formula is C14H12N4OSe. The quantitative estimate of drug-likeness (QED) is 0.710. The van der Waals surface area contributed by atoms with Gasteiger partial charge in [-0.2, -0.15) is 0 Å². The number of rotatable bonds is 3. The molecule has 0 fully saturated rings. The summed E-state index contributed by atoms with van der Waals surface area (Å²) in [5, 5.41) is 2.83. The average Bonchev–Trinajstić information content (AvgIpc) is 2.97. The van der Waals surface area contributed by atoms with Crippen molar-refractivity contribution in [3.8, 4) is 0 Å². The van der Waals surface area contributed by atoms with E-state index in [0.717, 1.165) is 16.6 Å². The van der Waals surface area contributed by atoms with E-state index in [1.807, 2.05) is 48.5 Å². The molecule has 0 aliphatic carbocycles. The van der Waals surface area contributed by atoms with E-state index in [1.165, 1.54) is 0 Å². The van der Waals surface area contributed by atoms with Gasteiger partial charge in [0.05, 0.1) is 0 Å². The number of carbonyl (C=O) groups excluding carboxylic acids is 1. The van der Waals surface area contributed by atoms with Crippen molar-refractivity contribution in [3.05, 3.63) is 54.1 Å². The fourth-order valence-corrected chi connectivity index (χ4v) is 3.08. The monoisotopic (exact) mass is 332 g/mol. The van der Waals surface area contributed by atoms with Gasteiger partial charge in [-0.25, -0.2) is 0 Å². The number of nitrogens with two attached hydrogens (primary N) is 1. The molecule has 3 aromatic rings. The molecule has 0 saturated heterocycles. The normalized spacial score (nSPS) is 12.2. The van der Waals surface area contributed by atoms with Gasteiger partial charge in [0.1, 0.15) is 0 Å². The molecule has 0 aliphatic rings. The Labute approximate surface area is 122 Å². The van der Waals surface area contributed by atoms with Crippen LogP contribution in [0.5, 0.6) is 0 Å². The van der Waals surface area contributed by atoms with Gasteiger partial charge < -0.3 is 0 Å². The SMILES string of the molecule is NC(C(=O)Nc1cccc2n[se]nc12)c1ccccc1. The number of amides is 1. The summed E-state index contributed by atoms with van der Waals surface area (Å²) < 4.78 is 8.61. The van der Waals surface area contributed by atoms with Gasteiger partial charge in [0.15, 0.2) is 0 Å². The molecule has 0 aliphatic heterocycles. The van der Waals surface area contributed by atoms with Gasteiger partial charge in [0.25, 0.3) is 0 Å². The van der Waals surface area contributed by atoms with E-state index < -0.39 is 6.04 Å². The maximum absolute atomic E-state index is 12.2. The molecule has 0 bridgehead atoms. The summed E-state index contributed by atoms with van der Waals surface area (Å²) in [5.74, 6) is -0.251. The maximum atomic E-state index is 12.2. The van der Waals surface area contributed by atoms with Crippen molar-refractivity contribution >= 4 is 37.6 Å². The van der Waals surface area contributed by atoms with E-state index in [1.54, 1.807) is 0 Å². The standard InChI is InChI=1S/C14H12N4OSe/c15-12(9-5-2-1-3-6-9)14(19)16-10-7-4-8-11-13(10)18-20-17-11/h1-8,12H,15H2,(H,16,19). The predicted octanol–water partition coefficient (Wildman–Crippen LogP) is 1.33. The Bertz CT molecular complexity index is 741. The van der Waals surface area contributed by atoms with Crippen LogP contribution in [0.1, 0.15) is 11.6 Å². The molecule has 5 nitrogen and oxygen atoms in total.